The first-order chi connectivity index (χ1) is 14.9. The second-order valence-electron chi connectivity index (χ2n) is 8.06. The van der Waals surface area contributed by atoms with Crippen molar-refractivity contribution in [2.75, 3.05) is 13.6 Å². The van der Waals surface area contributed by atoms with Gasteiger partial charge in [0, 0.05) is 24.1 Å². The fraction of sp³-hybridized carbons (Fsp3) is 0.391. The Morgan fingerprint density at radius 1 is 1.00 bits per heavy atom. The molecule has 0 unspecified atom stereocenters. The Kier molecular flexibility index (Phi) is 9.00. The monoisotopic (exact) mass is 523 g/mol. The van der Waals surface area contributed by atoms with Crippen LogP contribution in [0, 0.1) is 6.92 Å². The number of likely N-dealkylation sites (N-methyl/N-ethyl adjacent to an activating group) is 1. The fourth-order valence-electron chi connectivity index (χ4n) is 3.03. The largest absolute Gasteiger partial charge is 0.352 e. The van der Waals surface area contributed by atoms with Crippen molar-refractivity contribution in [1.82, 2.24) is 14.5 Å². The summed E-state index contributed by atoms with van der Waals surface area (Å²) >= 11 is 3.38. The summed E-state index contributed by atoms with van der Waals surface area (Å²) in [5, 5.41) is 2.82. The molecule has 0 bridgehead atoms. The van der Waals surface area contributed by atoms with Gasteiger partial charge in [-0.2, -0.15) is 4.31 Å². The van der Waals surface area contributed by atoms with Gasteiger partial charge in [-0.1, -0.05) is 45.8 Å². The molecule has 0 aliphatic carbocycles. The van der Waals surface area contributed by atoms with Crippen LogP contribution in [0.3, 0.4) is 0 Å². The molecule has 0 aliphatic heterocycles. The van der Waals surface area contributed by atoms with Crippen molar-refractivity contribution in [3.8, 4) is 0 Å². The van der Waals surface area contributed by atoms with E-state index in [1.807, 2.05) is 45.0 Å². The molecule has 174 valence electrons. The summed E-state index contributed by atoms with van der Waals surface area (Å²) in [4.78, 5) is 27.4. The number of nitrogens with one attached hydrogen (secondary N) is 1. The normalized spacial score (nSPS) is 12.6. The van der Waals surface area contributed by atoms with Crippen molar-refractivity contribution in [3.63, 3.8) is 0 Å². The van der Waals surface area contributed by atoms with Crippen molar-refractivity contribution in [1.29, 1.82) is 0 Å². The molecule has 2 amide bonds. The number of benzene rings is 2. The fourth-order valence-corrected chi connectivity index (χ4v) is 4.42. The van der Waals surface area contributed by atoms with Crippen LogP contribution in [0.5, 0.6) is 0 Å². The van der Waals surface area contributed by atoms with Gasteiger partial charge in [-0.25, -0.2) is 8.42 Å². The third-order valence-corrected chi connectivity index (χ3v) is 7.30. The van der Waals surface area contributed by atoms with E-state index < -0.39 is 22.0 Å². The van der Waals surface area contributed by atoms with Crippen molar-refractivity contribution in [2.24, 2.45) is 0 Å². The molecule has 2 aromatic rings. The first-order valence-corrected chi connectivity index (χ1v) is 12.5. The highest BCUT2D eigenvalue weighted by Crippen LogP contribution is 2.17. The van der Waals surface area contributed by atoms with Gasteiger partial charge in [-0.05, 0) is 57.5 Å². The van der Waals surface area contributed by atoms with E-state index in [-0.39, 0.29) is 29.9 Å². The smallest absolute Gasteiger partial charge is 0.243 e. The molecular formula is C23H30BrN3O4S. The molecule has 0 aromatic heterocycles. The van der Waals surface area contributed by atoms with Crippen LogP contribution in [0.25, 0.3) is 0 Å². The standard InChI is InChI=1S/C23H30BrN3O4S/c1-16(2)25-23(29)18(4)27(14-19-8-10-20(24)11-9-19)22(28)15-26(5)32(30,31)21-12-6-17(3)7-13-21/h6-13,16,18H,14-15H2,1-5H3,(H,25,29)/t18-/m1/s1. The maximum atomic E-state index is 13.2. The van der Waals surface area contributed by atoms with Crippen molar-refractivity contribution in [3.05, 3.63) is 64.1 Å². The molecule has 0 spiro atoms. The number of carbonyl (C=O) groups excluding carboxylic acids is 2. The summed E-state index contributed by atoms with van der Waals surface area (Å²) in [6.45, 7) is 6.99. The van der Waals surface area contributed by atoms with Crippen molar-refractivity contribution >= 4 is 37.8 Å². The van der Waals surface area contributed by atoms with Gasteiger partial charge in [0.05, 0.1) is 11.4 Å². The van der Waals surface area contributed by atoms with E-state index in [2.05, 4.69) is 21.2 Å². The lowest BCUT2D eigenvalue weighted by Crippen LogP contribution is -2.51. The molecule has 7 nitrogen and oxygen atoms in total. The lowest BCUT2D eigenvalue weighted by Gasteiger charge is -2.30. The van der Waals surface area contributed by atoms with Gasteiger partial charge in [0.1, 0.15) is 6.04 Å². The summed E-state index contributed by atoms with van der Waals surface area (Å²) in [5.74, 6) is -0.757. The van der Waals surface area contributed by atoms with Gasteiger partial charge in [0.2, 0.25) is 21.8 Å². The molecule has 2 rings (SSSR count). The van der Waals surface area contributed by atoms with Gasteiger partial charge in [0.15, 0.2) is 0 Å². The van der Waals surface area contributed by atoms with E-state index in [1.54, 1.807) is 19.1 Å². The highest BCUT2D eigenvalue weighted by atomic mass is 79.9. The number of rotatable bonds is 9. The maximum Gasteiger partial charge on any atom is 0.243 e. The van der Waals surface area contributed by atoms with Crippen LogP contribution >= 0.6 is 15.9 Å². The zero-order chi connectivity index (χ0) is 24.1. The quantitative estimate of drug-likeness (QED) is 0.546. The van der Waals surface area contributed by atoms with Gasteiger partial charge in [-0.15, -0.1) is 0 Å². The van der Waals surface area contributed by atoms with Gasteiger partial charge in [0.25, 0.3) is 0 Å². The molecule has 0 saturated carbocycles. The lowest BCUT2D eigenvalue weighted by molar-refractivity contribution is -0.140. The van der Waals surface area contributed by atoms with Crippen LogP contribution in [-0.4, -0.2) is 55.1 Å². The summed E-state index contributed by atoms with van der Waals surface area (Å²) in [6, 6.07) is 13.0. The van der Waals surface area contributed by atoms with Crippen molar-refractivity contribution in [2.45, 2.75) is 51.2 Å². The molecule has 0 radical (unpaired) electrons. The van der Waals surface area contributed by atoms with Gasteiger partial charge in [-0.3, -0.25) is 9.59 Å². The molecule has 0 saturated heterocycles. The van der Waals surface area contributed by atoms with E-state index in [4.69, 9.17) is 0 Å². The Labute approximate surface area is 199 Å². The zero-order valence-corrected chi connectivity index (χ0v) is 21.4. The molecule has 0 fully saturated rings. The summed E-state index contributed by atoms with van der Waals surface area (Å²) < 4.78 is 27.7. The molecule has 0 aliphatic rings. The van der Waals surface area contributed by atoms with Crippen LogP contribution in [0.2, 0.25) is 0 Å². The summed E-state index contributed by atoms with van der Waals surface area (Å²) in [7, 11) is -2.48. The number of aryl methyl sites for hydroxylation is 1. The van der Waals surface area contributed by atoms with Crippen molar-refractivity contribution < 1.29 is 18.0 Å². The number of hydrogen-bond acceptors (Lipinski definition) is 4. The van der Waals surface area contributed by atoms with E-state index >= 15 is 0 Å². The Bertz CT molecular complexity index is 1040. The molecule has 32 heavy (non-hydrogen) atoms. The summed E-state index contributed by atoms with van der Waals surface area (Å²) in [6.07, 6.45) is 0. The van der Waals surface area contributed by atoms with E-state index in [9.17, 15) is 18.0 Å². The minimum absolute atomic E-state index is 0.0841. The predicted molar refractivity (Wildman–Crippen MR) is 128 cm³/mol. The number of amides is 2. The van der Waals surface area contributed by atoms with Crippen LogP contribution in [-0.2, 0) is 26.2 Å². The minimum Gasteiger partial charge on any atom is -0.352 e. The molecule has 9 heteroatoms. The molecule has 0 heterocycles. The van der Waals surface area contributed by atoms with Crippen LogP contribution < -0.4 is 5.32 Å². The minimum atomic E-state index is -3.85. The first-order valence-electron chi connectivity index (χ1n) is 10.3. The third kappa shape index (κ3) is 6.88. The Hall–Kier alpha value is -2.23. The topological polar surface area (TPSA) is 86.8 Å². The van der Waals surface area contributed by atoms with Crippen LogP contribution in [0.15, 0.2) is 57.9 Å². The Morgan fingerprint density at radius 2 is 1.56 bits per heavy atom. The number of carbonyl (C=O) groups is 2. The third-order valence-electron chi connectivity index (χ3n) is 4.95. The average molecular weight is 524 g/mol. The highest BCUT2D eigenvalue weighted by Gasteiger charge is 2.30. The van der Waals surface area contributed by atoms with E-state index in [0.29, 0.717) is 0 Å². The summed E-state index contributed by atoms with van der Waals surface area (Å²) in [5.41, 5.74) is 1.77. The number of nitrogens with zero attached hydrogens (tertiary/aromatic N) is 2. The molecule has 1 N–H and O–H groups in total. The highest BCUT2D eigenvalue weighted by molar-refractivity contribution is 9.10. The molecular weight excluding hydrogens is 494 g/mol. The average Bonchev–Trinajstić information content (AvgIpc) is 2.72. The van der Waals surface area contributed by atoms with Crippen LogP contribution in [0.4, 0.5) is 0 Å². The number of sulfonamides is 1. The van der Waals surface area contributed by atoms with Crippen LogP contribution in [0.1, 0.15) is 31.9 Å². The Balaban J connectivity index is 2.26. The second-order valence-corrected chi connectivity index (χ2v) is 11.0. The lowest BCUT2D eigenvalue weighted by atomic mass is 10.1. The maximum absolute atomic E-state index is 13.2. The first kappa shape index (κ1) is 26.0. The SMILES string of the molecule is Cc1ccc(S(=O)(=O)N(C)CC(=O)N(Cc2ccc(Br)cc2)[C@H](C)C(=O)NC(C)C)cc1. The van der Waals surface area contributed by atoms with E-state index in [1.165, 1.54) is 24.1 Å². The van der Waals surface area contributed by atoms with Gasteiger partial charge < -0.3 is 10.2 Å². The van der Waals surface area contributed by atoms with Gasteiger partial charge >= 0.3 is 0 Å². The second kappa shape index (κ2) is 11.1. The number of hydrogen-bond donors (Lipinski definition) is 1. The zero-order valence-electron chi connectivity index (χ0n) is 19.0. The predicted octanol–water partition coefficient (Wildman–Crippen LogP) is 3.32. The Morgan fingerprint density at radius 3 is 2.09 bits per heavy atom. The molecule has 2 aromatic carbocycles. The number of halogens is 1. The van der Waals surface area contributed by atoms with E-state index in [0.717, 1.165) is 19.9 Å². The molecule has 1 atom stereocenters.